The molecule has 0 bridgehead atoms. The largest absolute Gasteiger partial charge is 0.456 e. The molecule has 9 aromatic carbocycles. The molecule has 0 spiro atoms. The topological polar surface area (TPSA) is 21.3 Å². The molecule has 53 heavy (non-hydrogen) atoms. The Labute approximate surface area is 306 Å². The maximum atomic E-state index is 6.58. The Kier molecular flexibility index (Phi) is 6.55. The van der Waals surface area contributed by atoms with Crippen molar-refractivity contribution in [3.8, 4) is 16.8 Å². The Morgan fingerprint density at radius 3 is 1.70 bits per heavy atom. The first-order valence-electron chi connectivity index (χ1n) is 18.1. The number of fused-ring (bicyclic) bond motifs is 8. The molecule has 0 saturated heterocycles. The van der Waals surface area contributed by atoms with E-state index < -0.39 is 0 Å². The molecule has 11 aromatic rings. The van der Waals surface area contributed by atoms with E-state index in [0.29, 0.717) is 0 Å². The monoisotopic (exact) mass is 676 g/mol. The second-order valence-electron chi connectivity index (χ2n) is 13.7. The maximum Gasteiger partial charge on any atom is 0.136 e. The molecule has 3 heteroatoms. The van der Waals surface area contributed by atoms with Crippen LogP contribution in [0.5, 0.6) is 0 Å². The molecule has 2 heterocycles. The first-order valence-corrected chi connectivity index (χ1v) is 18.1. The van der Waals surface area contributed by atoms with E-state index in [0.717, 1.165) is 55.8 Å². The van der Waals surface area contributed by atoms with Crippen molar-refractivity contribution in [2.45, 2.75) is 0 Å². The summed E-state index contributed by atoms with van der Waals surface area (Å²) in [5.41, 5.74) is 10.8. The number of aromatic nitrogens is 1. The molecule has 11 rings (SSSR count). The average Bonchev–Trinajstić information content (AvgIpc) is 3.76. The predicted molar refractivity (Wildman–Crippen MR) is 223 cm³/mol. The standard InChI is InChI=1S/C50H32N2O/c1-2-17-35-32-49-41(31-34(35)16-1)50-40(23-14-30-48(50)53-49)39-22-7-10-26-45(39)51(42-29-13-18-33-15-3-4-19-36(33)42)46-27-11-12-28-47(46)52-43-24-8-5-20-37(43)38-21-6-9-25-44(38)52/h1-32H. The van der Waals surface area contributed by atoms with E-state index in [1.807, 2.05) is 0 Å². The molecular formula is C50H32N2O. The van der Waals surface area contributed by atoms with E-state index in [2.05, 4.69) is 204 Å². The summed E-state index contributed by atoms with van der Waals surface area (Å²) < 4.78 is 9.01. The zero-order valence-corrected chi connectivity index (χ0v) is 28.8. The lowest BCUT2D eigenvalue weighted by molar-refractivity contribution is 0.669. The van der Waals surface area contributed by atoms with E-state index in [9.17, 15) is 0 Å². The van der Waals surface area contributed by atoms with Gasteiger partial charge in [-0.3, -0.25) is 0 Å². The van der Waals surface area contributed by atoms with Gasteiger partial charge in [0.15, 0.2) is 0 Å². The van der Waals surface area contributed by atoms with Crippen molar-refractivity contribution in [2.75, 3.05) is 4.90 Å². The summed E-state index contributed by atoms with van der Waals surface area (Å²) in [6, 6.07) is 69.8. The Hall–Kier alpha value is -7.10. The Morgan fingerprint density at radius 2 is 0.906 bits per heavy atom. The van der Waals surface area contributed by atoms with E-state index in [1.165, 1.54) is 43.4 Å². The number of furan rings is 1. The van der Waals surface area contributed by atoms with Gasteiger partial charge in [-0.2, -0.15) is 0 Å². The minimum atomic E-state index is 0.880. The van der Waals surface area contributed by atoms with Crippen LogP contribution in [0.1, 0.15) is 0 Å². The van der Waals surface area contributed by atoms with Crippen LogP contribution in [0.3, 0.4) is 0 Å². The highest BCUT2D eigenvalue weighted by Crippen LogP contribution is 2.48. The predicted octanol–water partition coefficient (Wildman–Crippen LogP) is 14.1. The van der Waals surface area contributed by atoms with Gasteiger partial charge in [0.25, 0.3) is 0 Å². The van der Waals surface area contributed by atoms with Crippen molar-refractivity contribution in [2.24, 2.45) is 0 Å². The van der Waals surface area contributed by atoms with Crippen molar-refractivity contribution < 1.29 is 4.42 Å². The number of hydrogen-bond acceptors (Lipinski definition) is 2. The van der Waals surface area contributed by atoms with Crippen molar-refractivity contribution in [1.29, 1.82) is 0 Å². The van der Waals surface area contributed by atoms with Crippen LogP contribution in [-0.2, 0) is 0 Å². The van der Waals surface area contributed by atoms with Crippen LogP contribution in [0.15, 0.2) is 199 Å². The third-order valence-electron chi connectivity index (χ3n) is 10.7. The van der Waals surface area contributed by atoms with E-state index >= 15 is 0 Å². The molecule has 0 fully saturated rings. The molecule has 0 radical (unpaired) electrons. The molecule has 2 aromatic heterocycles. The molecule has 0 amide bonds. The smallest absolute Gasteiger partial charge is 0.136 e. The number of benzene rings is 9. The summed E-state index contributed by atoms with van der Waals surface area (Å²) >= 11 is 0. The minimum absolute atomic E-state index is 0.880. The van der Waals surface area contributed by atoms with Gasteiger partial charge in [-0.05, 0) is 76.3 Å². The van der Waals surface area contributed by atoms with Crippen LogP contribution < -0.4 is 4.90 Å². The third-order valence-corrected chi connectivity index (χ3v) is 10.7. The fourth-order valence-electron chi connectivity index (χ4n) is 8.45. The Balaban J connectivity index is 1.24. The summed E-state index contributed by atoms with van der Waals surface area (Å²) in [5.74, 6) is 0. The van der Waals surface area contributed by atoms with Gasteiger partial charge in [0.2, 0.25) is 0 Å². The zero-order valence-electron chi connectivity index (χ0n) is 28.8. The maximum absolute atomic E-state index is 6.58. The highest BCUT2D eigenvalue weighted by atomic mass is 16.3. The van der Waals surface area contributed by atoms with Crippen molar-refractivity contribution >= 4 is 82.4 Å². The first kappa shape index (κ1) is 29.6. The third kappa shape index (κ3) is 4.54. The lowest BCUT2D eigenvalue weighted by atomic mass is 9.95. The van der Waals surface area contributed by atoms with Gasteiger partial charge in [-0.25, -0.2) is 0 Å². The van der Waals surface area contributed by atoms with Crippen molar-refractivity contribution in [3.05, 3.63) is 194 Å². The normalized spacial score (nSPS) is 11.8. The van der Waals surface area contributed by atoms with Gasteiger partial charge in [-0.1, -0.05) is 140 Å². The second-order valence-corrected chi connectivity index (χ2v) is 13.7. The van der Waals surface area contributed by atoms with Gasteiger partial charge in [0.05, 0.1) is 33.8 Å². The number of hydrogen-bond donors (Lipinski definition) is 0. The lowest BCUT2D eigenvalue weighted by Gasteiger charge is -2.31. The average molecular weight is 677 g/mol. The zero-order chi connectivity index (χ0) is 34.9. The highest BCUT2D eigenvalue weighted by Gasteiger charge is 2.25. The fourth-order valence-corrected chi connectivity index (χ4v) is 8.45. The van der Waals surface area contributed by atoms with E-state index in [4.69, 9.17) is 4.42 Å². The number of rotatable bonds is 5. The molecule has 0 atom stereocenters. The fraction of sp³-hybridized carbons (Fsp3) is 0. The van der Waals surface area contributed by atoms with Gasteiger partial charge in [0.1, 0.15) is 11.2 Å². The van der Waals surface area contributed by atoms with E-state index in [-0.39, 0.29) is 0 Å². The second kappa shape index (κ2) is 11.7. The van der Waals surface area contributed by atoms with Crippen LogP contribution in [-0.4, -0.2) is 4.57 Å². The molecule has 3 nitrogen and oxygen atoms in total. The number of nitrogens with zero attached hydrogens (tertiary/aromatic N) is 2. The van der Waals surface area contributed by atoms with Crippen LogP contribution in [0, 0.1) is 0 Å². The summed E-state index contributed by atoms with van der Waals surface area (Å²) in [4.78, 5) is 2.47. The molecule has 0 N–H and O–H groups in total. The Morgan fingerprint density at radius 1 is 0.358 bits per heavy atom. The quantitative estimate of drug-likeness (QED) is 0.181. The van der Waals surface area contributed by atoms with Crippen molar-refractivity contribution in [1.82, 2.24) is 4.57 Å². The Bertz CT molecular complexity index is 3140. The van der Waals surface area contributed by atoms with Crippen LogP contribution in [0.25, 0.3) is 82.1 Å². The SMILES string of the molecule is c1ccc(N(c2ccccc2-n2c3ccccc3c3ccccc32)c2cccc3ccccc23)c(-c2cccc3oc4cc5ccccc5cc4c23)c1. The molecule has 0 aliphatic carbocycles. The van der Waals surface area contributed by atoms with Crippen LogP contribution in [0.4, 0.5) is 17.1 Å². The van der Waals surface area contributed by atoms with Gasteiger partial charge >= 0.3 is 0 Å². The molecule has 0 saturated carbocycles. The van der Waals surface area contributed by atoms with E-state index in [1.54, 1.807) is 0 Å². The summed E-state index contributed by atoms with van der Waals surface area (Å²) in [6.45, 7) is 0. The van der Waals surface area contributed by atoms with Crippen molar-refractivity contribution in [3.63, 3.8) is 0 Å². The van der Waals surface area contributed by atoms with Gasteiger partial charge in [-0.15, -0.1) is 0 Å². The molecule has 0 unspecified atom stereocenters. The van der Waals surface area contributed by atoms with Crippen LogP contribution >= 0.6 is 0 Å². The molecular weight excluding hydrogens is 645 g/mol. The number of para-hydroxylation sites is 5. The molecule has 0 aliphatic heterocycles. The highest BCUT2D eigenvalue weighted by molar-refractivity contribution is 6.17. The van der Waals surface area contributed by atoms with Gasteiger partial charge in [0, 0.05) is 32.5 Å². The first-order chi connectivity index (χ1) is 26.3. The molecule has 0 aliphatic rings. The summed E-state index contributed by atoms with van der Waals surface area (Å²) in [6.07, 6.45) is 0. The minimum Gasteiger partial charge on any atom is -0.456 e. The molecule has 248 valence electrons. The summed E-state index contributed by atoms with van der Waals surface area (Å²) in [5, 5.41) is 9.45. The lowest BCUT2D eigenvalue weighted by Crippen LogP contribution is -2.14. The summed E-state index contributed by atoms with van der Waals surface area (Å²) in [7, 11) is 0. The van der Waals surface area contributed by atoms with Crippen LogP contribution in [0.2, 0.25) is 0 Å². The van der Waals surface area contributed by atoms with Gasteiger partial charge < -0.3 is 13.9 Å². The number of anilines is 3.